The van der Waals surface area contributed by atoms with Crippen LogP contribution >= 0.6 is 0 Å². The van der Waals surface area contributed by atoms with E-state index in [1.165, 1.54) is 0 Å². The first-order chi connectivity index (χ1) is 10.7. The predicted octanol–water partition coefficient (Wildman–Crippen LogP) is 2.03. The van der Waals surface area contributed by atoms with Gasteiger partial charge in [0.15, 0.2) is 0 Å². The molecule has 0 aliphatic carbocycles. The zero-order valence-corrected chi connectivity index (χ0v) is 13.1. The van der Waals surface area contributed by atoms with Gasteiger partial charge in [0.05, 0.1) is 6.04 Å². The van der Waals surface area contributed by atoms with Crippen molar-refractivity contribution < 1.29 is 4.79 Å². The zero-order valence-electron chi connectivity index (χ0n) is 13.1. The first-order valence-electron chi connectivity index (χ1n) is 7.98. The number of hydrogen-bond acceptors (Lipinski definition) is 3. The number of aryl methyl sites for hydroxylation is 2. The Morgan fingerprint density at radius 2 is 2.27 bits per heavy atom. The van der Waals surface area contributed by atoms with Gasteiger partial charge in [0.25, 0.3) is 0 Å². The summed E-state index contributed by atoms with van der Waals surface area (Å²) < 4.78 is 4.07. The second kappa shape index (κ2) is 6.77. The average molecular weight is 301 g/mol. The molecule has 1 unspecified atom stereocenters. The van der Waals surface area contributed by atoms with Gasteiger partial charge in [0, 0.05) is 50.8 Å². The highest BCUT2D eigenvalue weighted by Crippen LogP contribution is 2.23. The number of carbonyl (C=O) groups is 1. The third-order valence-electron chi connectivity index (χ3n) is 4.34. The Kier molecular flexibility index (Phi) is 4.56. The molecule has 1 amide bonds. The van der Waals surface area contributed by atoms with Crippen LogP contribution in [0.25, 0.3) is 0 Å². The second-order valence-corrected chi connectivity index (χ2v) is 5.89. The molecule has 2 aromatic rings. The summed E-state index contributed by atoms with van der Waals surface area (Å²) in [5.41, 5.74) is 0. The van der Waals surface area contributed by atoms with E-state index >= 15 is 0 Å². The van der Waals surface area contributed by atoms with Crippen LogP contribution in [0.4, 0.5) is 0 Å². The summed E-state index contributed by atoms with van der Waals surface area (Å²) in [4.78, 5) is 18.7. The summed E-state index contributed by atoms with van der Waals surface area (Å²) in [5, 5.41) is 4.16. The first-order valence-corrected chi connectivity index (χ1v) is 7.98. The summed E-state index contributed by atoms with van der Waals surface area (Å²) in [5.74, 6) is 1.28. The van der Waals surface area contributed by atoms with Gasteiger partial charge in [0.2, 0.25) is 5.91 Å². The summed E-state index contributed by atoms with van der Waals surface area (Å²) in [7, 11) is 0. The van der Waals surface area contributed by atoms with Gasteiger partial charge >= 0.3 is 0 Å². The van der Waals surface area contributed by atoms with Crippen molar-refractivity contribution in [3.63, 3.8) is 0 Å². The summed E-state index contributed by atoms with van der Waals surface area (Å²) >= 11 is 0. The normalized spacial score (nSPS) is 18.6. The molecule has 1 atom stereocenters. The minimum Gasteiger partial charge on any atom is -0.341 e. The topological polar surface area (TPSA) is 56.0 Å². The number of imidazole rings is 1. The number of amides is 1. The summed E-state index contributed by atoms with van der Waals surface area (Å²) in [6.45, 7) is 4.50. The zero-order chi connectivity index (χ0) is 15.4. The quantitative estimate of drug-likeness (QED) is 0.849. The van der Waals surface area contributed by atoms with E-state index in [9.17, 15) is 4.79 Å². The average Bonchev–Trinajstić information content (AvgIpc) is 3.19. The number of hydrogen-bond donors (Lipinski definition) is 0. The molecule has 1 saturated heterocycles. The maximum Gasteiger partial charge on any atom is 0.222 e. The summed E-state index contributed by atoms with van der Waals surface area (Å²) in [6, 6.07) is 2.27. The number of aromatic nitrogens is 4. The van der Waals surface area contributed by atoms with Crippen molar-refractivity contribution in [2.24, 2.45) is 0 Å². The summed E-state index contributed by atoms with van der Waals surface area (Å²) in [6.07, 6.45) is 11.2. The van der Waals surface area contributed by atoms with E-state index < -0.39 is 0 Å². The SMILES string of the molecule is Cc1nccn1C1CCCN(C(=O)CCCn2cccn2)C1. The number of nitrogens with zero attached hydrogens (tertiary/aromatic N) is 5. The van der Waals surface area contributed by atoms with Crippen LogP contribution in [0.1, 0.15) is 37.5 Å². The van der Waals surface area contributed by atoms with E-state index in [4.69, 9.17) is 0 Å². The molecule has 0 spiro atoms. The Balaban J connectivity index is 1.51. The van der Waals surface area contributed by atoms with Gasteiger partial charge in [-0.15, -0.1) is 0 Å². The van der Waals surface area contributed by atoms with Crippen molar-refractivity contribution in [2.75, 3.05) is 13.1 Å². The second-order valence-electron chi connectivity index (χ2n) is 5.89. The lowest BCUT2D eigenvalue weighted by Crippen LogP contribution is -2.40. The van der Waals surface area contributed by atoms with Crippen molar-refractivity contribution in [1.82, 2.24) is 24.2 Å². The van der Waals surface area contributed by atoms with Crippen LogP contribution in [0.15, 0.2) is 30.9 Å². The van der Waals surface area contributed by atoms with Crippen molar-refractivity contribution in [2.45, 2.75) is 45.2 Å². The fourth-order valence-electron chi connectivity index (χ4n) is 3.16. The molecule has 1 aliphatic heterocycles. The first kappa shape index (κ1) is 14.8. The molecule has 1 aliphatic rings. The lowest BCUT2D eigenvalue weighted by atomic mass is 10.0. The molecule has 118 valence electrons. The Morgan fingerprint density at radius 3 is 3.00 bits per heavy atom. The largest absolute Gasteiger partial charge is 0.341 e. The van der Waals surface area contributed by atoms with Crippen LogP contribution < -0.4 is 0 Å². The van der Waals surface area contributed by atoms with Gasteiger partial charge in [-0.25, -0.2) is 4.98 Å². The van der Waals surface area contributed by atoms with E-state index in [0.29, 0.717) is 12.5 Å². The lowest BCUT2D eigenvalue weighted by molar-refractivity contribution is -0.133. The molecule has 6 nitrogen and oxygen atoms in total. The Morgan fingerprint density at radius 1 is 1.36 bits per heavy atom. The minimum absolute atomic E-state index is 0.259. The van der Waals surface area contributed by atoms with Crippen LogP contribution in [0, 0.1) is 6.92 Å². The number of carbonyl (C=O) groups excluding carboxylic acids is 1. The molecule has 0 saturated carbocycles. The van der Waals surface area contributed by atoms with Gasteiger partial charge in [-0.1, -0.05) is 0 Å². The third-order valence-corrected chi connectivity index (χ3v) is 4.34. The van der Waals surface area contributed by atoms with E-state index in [-0.39, 0.29) is 5.91 Å². The lowest BCUT2D eigenvalue weighted by Gasteiger charge is -2.34. The van der Waals surface area contributed by atoms with Gasteiger partial charge in [-0.3, -0.25) is 9.48 Å². The smallest absolute Gasteiger partial charge is 0.222 e. The van der Waals surface area contributed by atoms with Crippen LogP contribution in [-0.4, -0.2) is 43.2 Å². The fourth-order valence-corrected chi connectivity index (χ4v) is 3.16. The van der Waals surface area contributed by atoms with Gasteiger partial charge in [-0.05, 0) is 32.3 Å². The fraction of sp³-hybridized carbons (Fsp3) is 0.562. The molecular weight excluding hydrogens is 278 g/mol. The number of piperidine rings is 1. The van der Waals surface area contributed by atoms with Gasteiger partial charge in [0.1, 0.15) is 5.82 Å². The van der Waals surface area contributed by atoms with Crippen LogP contribution in [0.2, 0.25) is 0 Å². The molecule has 3 heterocycles. The molecular formula is C16H23N5O. The van der Waals surface area contributed by atoms with Gasteiger partial charge in [-0.2, -0.15) is 5.10 Å². The van der Waals surface area contributed by atoms with Crippen LogP contribution in [0.5, 0.6) is 0 Å². The van der Waals surface area contributed by atoms with Crippen LogP contribution in [-0.2, 0) is 11.3 Å². The molecule has 0 bridgehead atoms. The van der Waals surface area contributed by atoms with Crippen LogP contribution in [0.3, 0.4) is 0 Å². The molecule has 1 fully saturated rings. The Labute approximate surface area is 130 Å². The molecule has 2 aromatic heterocycles. The Hall–Kier alpha value is -2.11. The number of likely N-dealkylation sites (tertiary alicyclic amines) is 1. The maximum atomic E-state index is 12.4. The van der Waals surface area contributed by atoms with Crippen molar-refractivity contribution in [3.05, 3.63) is 36.7 Å². The van der Waals surface area contributed by atoms with Crippen molar-refractivity contribution >= 4 is 5.91 Å². The molecule has 0 aromatic carbocycles. The highest BCUT2D eigenvalue weighted by molar-refractivity contribution is 5.76. The van der Waals surface area contributed by atoms with E-state index in [2.05, 4.69) is 14.6 Å². The minimum atomic E-state index is 0.259. The highest BCUT2D eigenvalue weighted by Gasteiger charge is 2.24. The third kappa shape index (κ3) is 3.37. The van der Waals surface area contributed by atoms with Crippen molar-refractivity contribution in [1.29, 1.82) is 0 Å². The molecule has 3 rings (SSSR count). The van der Waals surface area contributed by atoms with Gasteiger partial charge < -0.3 is 9.47 Å². The van der Waals surface area contributed by atoms with E-state index in [1.807, 2.05) is 41.2 Å². The van der Waals surface area contributed by atoms with Crippen molar-refractivity contribution in [3.8, 4) is 0 Å². The van der Waals surface area contributed by atoms with E-state index in [0.717, 1.165) is 44.7 Å². The monoisotopic (exact) mass is 301 g/mol. The highest BCUT2D eigenvalue weighted by atomic mass is 16.2. The molecule has 6 heteroatoms. The Bertz CT molecular complexity index is 604. The molecule has 22 heavy (non-hydrogen) atoms. The maximum absolute atomic E-state index is 12.4. The molecule has 0 radical (unpaired) electrons. The number of rotatable bonds is 5. The standard InChI is InChI=1S/C16H23N5O/c1-14-17-8-12-21(14)15-5-2-9-19(13-15)16(22)6-3-10-20-11-4-7-18-20/h4,7-8,11-12,15H,2-3,5-6,9-10,13H2,1H3. The van der Waals surface area contributed by atoms with E-state index in [1.54, 1.807) is 6.20 Å². The molecule has 0 N–H and O–H groups in total. The predicted molar refractivity (Wildman–Crippen MR) is 83.3 cm³/mol.